The molecule has 1 aromatic rings. The van der Waals surface area contributed by atoms with Gasteiger partial charge in [0.15, 0.2) is 0 Å². The van der Waals surface area contributed by atoms with E-state index in [9.17, 15) is 5.11 Å². The standard InChI is InChI=1S/C11H14BrNO/c1-7(2)5-11(13)9-6-8(14)3-4-10(9)12/h3-4,6,11,14H,1,5,13H2,2H3/t11-/m1/s1. The third-order valence-corrected chi connectivity index (χ3v) is 2.67. The average molecular weight is 256 g/mol. The van der Waals surface area contributed by atoms with E-state index >= 15 is 0 Å². The van der Waals surface area contributed by atoms with Gasteiger partial charge < -0.3 is 10.8 Å². The van der Waals surface area contributed by atoms with E-state index in [2.05, 4.69) is 22.5 Å². The van der Waals surface area contributed by atoms with Crippen LogP contribution in [0, 0.1) is 0 Å². The molecule has 14 heavy (non-hydrogen) atoms. The van der Waals surface area contributed by atoms with Crippen LogP contribution in [0.25, 0.3) is 0 Å². The first-order valence-corrected chi connectivity index (χ1v) is 5.18. The Morgan fingerprint density at radius 1 is 1.64 bits per heavy atom. The molecule has 0 heterocycles. The third kappa shape index (κ3) is 2.86. The lowest BCUT2D eigenvalue weighted by Gasteiger charge is -2.13. The van der Waals surface area contributed by atoms with Gasteiger partial charge in [0.25, 0.3) is 0 Å². The largest absolute Gasteiger partial charge is 0.508 e. The van der Waals surface area contributed by atoms with Gasteiger partial charge in [-0.3, -0.25) is 0 Å². The molecular formula is C11H14BrNO. The first kappa shape index (κ1) is 11.3. The molecule has 0 aliphatic rings. The van der Waals surface area contributed by atoms with E-state index in [-0.39, 0.29) is 11.8 Å². The van der Waals surface area contributed by atoms with Crippen LogP contribution in [-0.2, 0) is 0 Å². The molecule has 0 aliphatic carbocycles. The van der Waals surface area contributed by atoms with E-state index in [1.165, 1.54) is 0 Å². The van der Waals surface area contributed by atoms with Gasteiger partial charge in [-0.25, -0.2) is 0 Å². The number of phenols is 1. The van der Waals surface area contributed by atoms with Crippen LogP contribution in [0.1, 0.15) is 24.9 Å². The molecule has 3 heteroatoms. The Balaban J connectivity index is 2.93. The second-order valence-corrected chi connectivity index (χ2v) is 4.33. The van der Waals surface area contributed by atoms with Gasteiger partial charge in [0.2, 0.25) is 0 Å². The Morgan fingerprint density at radius 2 is 2.29 bits per heavy atom. The highest BCUT2D eigenvalue weighted by Gasteiger charge is 2.10. The van der Waals surface area contributed by atoms with Crippen molar-refractivity contribution >= 4 is 15.9 Å². The molecule has 0 radical (unpaired) electrons. The summed E-state index contributed by atoms with van der Waals surface area (Å²) in [6, 6.07) is 4.98. The molecule has 0 spiro atoms. The lowest BCUT2D eigenvalue weighted by molar-refractivity contribution is 0.473. The summed E-state index contributed by atoms with van der Waals surface area (Å²) in [6.07, 6.45) is 0.724. The Kier molecular flexibility index (Phi) is 3.72. The first-order valence-electron chi connectivity index (χ1n) is 4.39. The fourth-order valence-electron chi connectivity index (χ4n) is 1.30. The highest BCUT2D eigenvalue weighted by Crippen LogP contribution is 2.28. The molecular weight excluding hydrogens is 242 g/mol. The van der Waals surface area contributed by atoms with Crippen molar-refractivity contribution in [2.24, 2.45) is 5.73 Å². The van der Waals surface area contributed by atoms with Gasteiger partial charge in [-0.05, 0) is 37.1 Å². The molecule has 0 saturated heterocycles. The maximum atomic E-state index is 9.32. The number of phenolic OH excluding ortho intramolecular Hbond substituents is 1. The average Bonchev–Trinajstić information content (AvgIpc) is 2.08. The van der Waals surface area contributed by atoms with Gasteiger partial charge in [-0.1, -0.05) is 21.5 Å². The van der Waals surface area contributed by atoms with E-state index in [0.717, 1.165) is 22.0 Å². The monoisotopic (exact) mass is 255 g/mol. The van der Waals surface area contributed by atoms with Crippen LogP contribution in [0.5, 0.6) is 5.75 Å². The number of hydrogen-bond donors (Lipinski definition) is 2. The molecule has 3 N–H and O–H groups in total. The number of rotatable bonds is 3. The highest BCUT2D eigenvalue weighted by atomic mass is 79.9. The van der Waals surface area contributed by atoms with Crippen LogP contribution in [-0.4, -0.2) is 5.11 Å². The van der Waals surface area contributed by atoms with E-state index < -0.39 is 0 Å². The fraction of sp³-hybridized carbons (Fsp3) is 0.273. The fourth-order valence-corrected chi connectivity index (χ4v) is 1.84. The Morgan fingerprint density at radius 3 is 2.86 bits per heavy atom. The van der Waals surface area contributed by atoms with Crippen molar-refractivity contribution in [1.82, 2.24) is 0 Å². The molecule has 0 aliphatic heterocycles. The molecule has 0 fully saturated rings. The normalized spacial score (nSPS) is 12.5. The minimum absolute atomic E-state index is 0.117. The van der Waals surface area contributed by atoms with E-state index in [1.54, 1.807) is 18.2 Å². The topological polar surface area (TPSA) is 46.2 Å². The summed E-state index contributed by atoms with van der Waals surface area (Å²) in [5, 5.41) is 9.32. The van der Waals surface area contributed by atoms with Gasteiger partial charge in [-0.2, -0.15) is 0 Å². The molecule has 0 unspecified atom stereocenters. The van der Waals surface area contributed by atoms with Crippen LogP contribution in [0.4, 0.5) is 0 Å². The van der Waals surface area contributed by atoms with Crippen LogP contribution < -0.4 is 5.73 Å². The summed E-state index contributed by atoms with van der Waals surface area (Å²) in [5.74, 6) is 0.236. The van der Waals surface area contributed by atoms with Crippen LogP contribution in [0.15, 0.2) is 34.8 Å². The highest BCUT2D eigenvalue weighted by molar-refractivity contribution is 9.10. The lowest BCUT2D eigenvalue weighted by Crippen LogP contribution is -2.10. The Hall–Kier alpha value is -0.800. The minimum Gasteiger partial charge on any atom is -0.508 e. The zero-order valence-corrected chi connectivity index (χ0v) is 9.71. The maximum absolute atomic E-state index is 9.32. The molecule has 2 nitrogen and oxygen atoms in total. The summed E-state index contributed by atoms with van der Waals surface area (Å²) in [4.78, 5) is 0. The SMILES string of the molecule is C=C(C)C[C@@H](N)c1cc(O)ccc1Br. The quantitative estimate of drug-likeness (QED) is 0.816. The molecule has 1 atom stereocenters. The third-order valence-electron chi connectivity index (χ3n) is 1.95. The van der Waals surface area contributed by atoms with Gasteiger partial charge in [0, 0.05) is 10.5 Å². The summed E-state index contributed by atoms with van der Waals surface area (Å²) in [5.41, 5.74) is 7.91. The number of benzene rings is 1. The molecule has 76 valence electrons. The van der Waals surface area contributed by atoms with Crippen molar-refractivity contribution in [3.05, 3.63) is 40.4 Å². The van der Waals surface area contributed by atoms with Gasteiger partial charge in [-0.15, -0.1) is 6.58 Å². The summed E-state index contributed by atoms with van der Waals surface area (Å²) < 4.78 is 0.920. The van der Waals surface area contributed by atoms with Gasteiger partial charge in [0.1, 0.15) is 5.75 Å². The van der Waals surface area contributed by atoms with Crippen LogP contribution in [0.2, 0.25) is 0 Å². The summed E-state index contributed by atoms with van der Waals surface area (Å²) >= 11 is 3.40. The van der Waals surface area contributed by atoms with E-state index in [0.29, 0.717) is 0 Å². The first-order chi connectivity index (χ1) is 6.50. The van der Waals surface area contributed by atoms with Gasteiger partial charge >= 0.3 is 0 Å². The maximum Gasteiger partial charge on any atom is 0.115 e. The van der Waals surface area contributed by atoms with Crippen LogP contribution >= 0.6 is 15.9 Å². The van der Waals surface area contributed by atoms with Crippen molar-refractivity contribution in [2.75, 3.05) is 0 Å². The second kappa shape index (κ2) is 4.62. The lowest BCUT2D eigenvalue weighted by atomic mass is 10.0. The van der Waals surface area contributed by atoms with Crippen molar-refractivity contribution < 1.29 is 5.11 Å². The second-order valence-electron chi connectivity index (χ2n) is 3.47. The van der Waals surface area contributed by atoms with Crippen molar-refractivity contribution in [1.29, 1.82) is 0 Å². The van der Waals surface area contributed by atoms with Crippen molar-refractivity contribution in [2.45, 2.75) is 19.4 Å². The zero-order chi connectivity index (χ0) is 10.7. The zero-order valence-electron chi connectivity index (χ0n) is 8.13. The Labute approximate surface area is 92.6 Å². The van der Waals surface area contributed by atoms with E-state index in [1.807, 2.05) is 6.92 Å². The van der Waals surface area contributed by atoms with E-state index in [4.69, 9.17) is 5.73 Å². The number of hydrogen-bond acceptors (Lipinski definition) is 2. The van der Waals surface area contributed by atoms with Crippen molar-refractivity contribution in [3.63, 3.8) is 0 Å². The summed E-state index contributed by atoms with van der Waals surface area (Å²) in [7, 11) is 0. The molecule has 1 rings (SSSR count). The predicted octanol–water partition coefficient (Wildman–Crippen LogP) is 3.12. The molecule has 1 aromatic carbocycles. The number of nitrogens with two attached hydrogens (primary N) is 1. The summed E-state index contributed by atoms with van der Waals surface area (Å²) in [6.45, 7) is 5.76. The number of aromatic hydroxyl groups is 1. The number of halogens is 1. The predicted molar refractivity (Wildman–Crippen MR) is 62.2 cm³/mol. The van der Waals surface area contributed by atoms with Gasteiger partial charge in [0.05, 0.1) is 0 Å². The smallest absolute Gasteiger partial charge is 0.115 e. The Bertz CT molecular complexity index is 349. The molecule has 0 aromatic heterocycles. The molecule has 0 saturated carbocycles. The molecule has 0 bridgehead atoms. The van der Waals surface area contributed by atoms with Crippen LogP contribution in [0.3, 0.4) is 0 Å². The molecule has 0 amide bonds. The van der Waals surface area contributed by atoms with Crippen molar-refractivity contribution in [3.8, 4) is 5.75 Å². The minimum atomic E-state index is -0.117.